The number of methoxy groups -OCH3 is 1. The smallest absolute Gasteiger partial charge is 0.232 e. The lowest BCUT2D eigenvalue weighted by Gasteiger charge is -2.09. The van der Waals surface area contributed by atoms with Gasteiger partial charge in [0.15, 0.2) is 5.78 Å². The quantitative estimate of drug-likeness (QED) is 0.603. The second kappa shape index (κ2) is 7.36. The normalized spacial score (nSPS) is 11.5. The van der Waals surface area contributed by atoms with Crippen LogP contribution in [0, 0.1) is 5.82 Å². The lowest BCUT2D eigenvalue weighted by atomic mass is 10.0. The molecule has 2 aromatic heterocycles. The third-order valence-corrected chi connectivity index (χ3v) is 5.44. The Morgan fingerprint density at radius 3 is 2.78 bits per heavy atom. The number of nitrogens with one attached hydrogen (secondary N) is 2. The van der Waals surface area contributed by atoms with Crippen molar-refractivity contribution in [3.05, 3.63) is 53.6 Å². The molecule has 0 bridgehead atoms. The van der Waals surface area contributed by atoms with Crippen molar-refractivity contribution in [2.24, 2.45) is 0 Å². The van der Waals surface area contributed by atoms with Crippen LogP contribution < -0.4 is 9.46 Å². The van der Waals surface area contributed by atoms with Crippen LogP contribution in [-0.4, -0.2) is 37.0 Å². The van der Waals surface area contributed by atoms with Crippen LogP contribution in [0.3, 0.4) is 0 Å². The molecule has 0 aliphatic carbocycles. The van der Waals surface area contributed by atoms with Crippen molar-refractivity contribution in [2.45, 2.75) is 13.3 Å². The molecule has 0 amide bonds. The van der Waals surface area contributed by atoms with Crippen LogP contribution in [0.4, 0.5) is 10.1 Å². The zero-order chi connectivity index (χ0) is 19.6. The van der Waals surface area contributed by atoms with E-state index in [0.29, 0.717) is 23.2 Å². The molecule has 0 fully saturated rings. The van der Waals surface area contributed by atoms with Gasteiger partial charge in [-0.1, -0.05) is 6.92 Å². The topological polar surface area (TPSA) is 101 Å². The zero-order valence-electron chi connectivity index (χ0n) is 14.7. The Labute approximate surface area is 155 Å². The van der Waals surface area contributed by atoms with Gasteiger partial charge < -0.3 is 9.72 Å². The Balaban J connectivity index is 2.01. The van der Waals surface area contributed by atoms with Gasteiger partial charge in [-0.15, -0.1) is 0 Å². The number of carbonyl (C=O) groups excluding carboxylic acids is 1. The molecule has 0 saturated heterocycles. The maximum atomic E-state index is 14.3. The Morgan fingerprint density at radius 2 is 2.07 bits per heavy atom. The van der Waals surface area contributed by atoms with E-state index in [0.717, 1.165) is 6.07 Å². The SMILES string of the molecule is CCCS(=O)(=O)Nc1ccc(F)c(C(=O)c2c[nH]c3ncc(OC)cc23)c1. The van der Waals surface area contributed by atoms with Gasteiger partial charge in [-0.3, -0.25) is 9.52 Å². The number of aromatic amines is 1. The van der Waals surface area contributed by atoms with E-state index < -0.39 is 21.6 Å². The van der Waals surface area contributed by atoms with E-state index in [1.165, 1.54) is 31.6 Å². The van der Waals surface area contributed by atoms with Gasteiger partial charge in [-0.05, 0) is 30.7 Å². The van der Waals surface area contributed by atoms with E-state index in [1.54, 1.807) is 13.0 Å². The third-order valence-electron chi connectivity index (χ3n) is 3.94. The van der Waals surface area contributed by atoms with Gasteiger partial charge in [0, 0.05) is 22.8 Å². The van der Waals surface area contributed by atoms with Crippen molar-refractivity contribution in [3.63, 3.8) is 0 Å². The highest BCUT2D eigenvalue weighted by atomic mass is 32.2. The number of ketones is 1. The number of aromatic nitrogens is 2. The minimum atomic E-state index is -3.55. The number of sulfonamides is 1. The number of benzene rings is 1. The highest BCUT2D eigenvalue weighted by Crippen LogP contribution is 2.26. The van der Waals surface area contributed by atoms with Crippen LogP contribution in [-0.2, 0) is 10.0 Å². The van der Waals surface area contributed by atoms with Crippen LogP contribution in [0.1, 0.15) is 29.3 Å². The van der Waals surface area contributed by atoms with E-state index in [-0.39, 0.29) is 22.6 Å². The first-order chi connectivity index (χ1) is 12.8. The third kappa shape index (κ3) is 3.92. The molecule has 0 spiro atoms. The van der Waals surface area contributed by atoms with Crippen molar-refractivity contribution in [1.29, 1.82) is 0 Å². The predicted octanol–water partition coefficient (Wildman–Crippen LogP) is 3.09. The fraction of sp³-hybridized carbons (Fsp3) is 0.222. The molecule has 0 aliphatic rings. The van der Waals surface area contributed by atoms with Gasteiger partial charge in [0.2, 0.25) is 10.0 Å². The number of carbonyl (C=O) groups is 1. The van der Waals surface area contributed by atoms with Gasteiger partial charge in [0.05, 0.1) is 24.6 Å². The first-order valence-electron chi connectivity index (χ1n) is 8.20. The number of H-pyrrole nitrogens is 1. The second-order valence-electron chi connectivity index (χ2n) is 5.92. The number of hydrogen-bond acceptors (Lipinski definition) is 5. The number of fused-ring (bicyclic) bond motifs is 1. The minimum absolute atomic E-state index is 0.0679. The van der Waals surface area contributed by atoms with E-state index >= 15 is 0 Å². The van der Waals surface area contributed by atoms with Crippen molar-refractivity contribution in [3.8, 4) is 5.75 Å². The summed E-state index contributed by atoms with van der Waals surface area (Å²) in [5.74, 6) is -0.951. The molecule has 3 aromatic rings. The van der Waals surface area contributed by atoms with Crippen LogP contribution in [0.5, 0.6) is 5.75 Å². The summed E-state index contributed by atoms with van der Waals surface area (Å²) >= 11 is 0. The van der Waals surface area contributed by atoms with E-state index in [9.17, 15) is 17.6 Å². The molecule has 7 nitrogen and oxygen atoms in total. The number of hydrogen-bond donors (Lipinski definition) is 2. The van der Waals surface area contributed by atoms with E-state index in [1.807, 2.05) is 0 Å². The Bertz CT molecular complexity index is 1110. The predicted molar refractivity (Wildman–Crippen MR) is 100 cm³/mol. The number of rotatable bonds is 7. The summed E-state index contributed by atoms with van der Waals surface area (Å²) in [5.41, 5.74) is 0.558. The maximum Gasteiger partial charge on any atom is 0.232 e. The molecular weight excluding hydrogens is 373 g/mol. The molecule has 0 aliphatic heterocycles. The Hall–Kier alpha value is -2.94. The first kappa shape index (κ1) is 18.8. The lowest BCUT2D eigenvalue weighted by molar-refractivity contribution is 0.103. The number of pyridine rings is 1. The molecule has 2 N–H and O–H groups in total. The molecule has 3 rings (SSSR count). The fourth-order valence-corrected chi connectivity index (χ4v) is 3.82. The van der Waals surface area contributed by atoms with Crippen LogP contribution in [0.25, 0.3) is 11.0 Å². The highest BCUT2D eigenvalue weighted by Gasteiger charge is 2.20. The van der Waals surface area contributed by atoms with E-state index in [2.05, 4.69) is 14.7 Å². The standard InChI is InChI=1S/C18H18FN3O4S/c1-3-6-27(24,25)22-11-4-5-16(19)14(7-11)17(23)15-10-21-18-13(15)8-12(26-2)9-20-18/h4-5,7-10,22H,3,6H2,1-2H3,(H,20,21). The molecular formula is C18H18FN3O4S. The van der Waals surface area contributed by atoms with Gasteiger partial charge in [-0.2, -0.15) is 0 Å². The van der Waals surface area contributed by atoms with Gasteiger partial charge in [-0.25, -0.2) is 17.8 Å². The van der Waals surface area contributed by atoms with Crippen LogP contribution in [0.2, 0.25) is 0 Å². The Morgan fingerprint density at radius 1 is 1.30 bits per heavy atom. The molecule has 142 valence electrons. The van der Waals surface area contributed by atoms with E-state index in [4.69, 9.17) is 4.74 Å². The van der Waals surface area contributed by atoms with Gasteiger partial charge >= 0.3 is 0 Å². The largest absolute Gasteiger partial charge is 0.495 e. The van der Waals surface area contributed by atoms with Crippen LogP contribution in [0.15, 0.2) is 36.7 Å². The van der Waals surface area contributed by atoms with Crippen molar-refractivity contribution < 1.29 is 22.3 Å². The number of nitrogens with zero attached hydrogens (tertiary/aromatic N) is 1. The summed E-state index contributed by atoms with van der Waals surface area (Å²) in [7, 11) is -2.08. The number of anilines is 1. The molecule has 0 atom stereocenters. The average Bonchev–Trinajstić information content (AvgIpc) is 3.05. The van der Waals surface area contributed by atoms with Gasteiger partial charge in [0.1, 0.15) is 17.2 Å². The minimum Gasteiger partial charge on any atom is -0.495 e. The molecule has 9 heteroatoms. The molecule has 27 heavy (non-hydrogen) atoms. The molecule has 0 saturated carbocycles. The van der Waals surface area contributed by atoms with Crippen molar-refractivity contribution >= 4 is 32.5 Å². The monoisotopic (exact) mass is 391 g/mol. The summed E-state index contributed by atoms with van der Waals surface area (Å²) in [4.78, 5) is 19.9. The van der Waals surface area contributed by atoms with Crippen molar-refractivity contribution in [1.82, 2.24) is 9.97 Å². The molecule has 0 radical (unpaired) electrons. The Kier molecular flexibility index (Phi) is 5.13. The maximum absolute atomic E-state index is 14.3. The number of halogens is 1. The first-order valence-corrected chi connectivity index (χ1v) is 9.85. The fourth-order valence-electron chi connectivity index (χ4n) is 2.69. The molecule has 1 aromatic carbocycles. The second-order valence-corrected chi connectivity index (χ2v) is 7.76. The van der Waals surface area contributed by atoms with Gasteiger partial charge in [0.25, 0.3) is 0 Å². The summed E-state index contributed by atoms with van der Waals surface area (Å²) in [6, 6.07) is 5.15. The zero-order valence-corrected chi connectivity index (χ0v) is 15.6. The highest BCUT2D eigenvalue weighted by molar-refractivity contribution is 7.92. The average molecular weight is 391 g/mol. The van der Waals surface area contributed by atoms with Crippen LogP contribution >= 0.6 is 0 Å². The summed E-state index contributed by atoms with van der Waals surface area (Å²) in [5, 5.41) is 0.482. The molecule has 0 unspecified atom stereocenters. The summed E-state index contributed by atoms with van der Waals surface area (Å²) in [6.07, 6.45) is 3.37. The lowest BCUT2D eigenvalue weighted by Crippen LogP contribution is -2.16. The molecule has 2 heterocycles. The van der Waals surface area contributed by atoms with Crippen molar-refractivity contribution in [2.75, 3.05) is 17.6 Å². The summed E-state index contributed by atoms with van der Waals surface area (Å²) < 4.78 is 45.6. The number of ether oxygens (including phenoxy) is 1. The summed E-state index contributed by atoms with van der Waals surface area (Å²) in [6.45, 7) is 1.73.